The van der Waals surface area contributed by atoms with Gasteiger partial charge in [0.2, 0.25) is 5.91 Å². The molecule has 1 heterocycles. The van der Waals surface area contributed by atoms with Gasteiger partial charge >= 0.3 is 5.97 Å². The maximum absolute atomic E-state index is 11.6. The summed E-state index contributed by atoms with van der Waals surface area (Å²) in [4.78, 5) is 23.2. The minimum Gasteiger partial charge on any atom is -0.466 e. The maximum atomic E-state index is 11.6. The Bertz CT molecular complexity index is 492. The summed E-state index contributed by atoms with van der Waals surface area (Å²) in [7, 11) is 0. The van der Waals surface area contributed by atoms with E-state index in [-0.39, 0.29) is 18.5 Å². The number of hydrogen-bond acceptors (Lipinski definition) is 5. The lowest BCUT2D eigenvalue weighted by molar-refractivity contribution is -0.144. The van der Waals surface area contributed by atoms with Crippen molar-refractivity contribution in [1.82, 2.24) is 5.16 Å². The Morgan fingerprint density at radius 1 is 1.36 bits per heavy atom. The van der Waals surface area contributed by atoms with Crippen LogP contribution >= 0.6 is 0 Å². The highest BCUT2D eigenvalue weighted by Crippen LogP contribution is 2.28. The van der Waals surface area contributed by atoms with E-state index >= 15 is 0 Å². The van der Waals surface area contributed by atoms with Gasteiger partial charge in [0.15, 0.2) is 5.82 Å². The number of hydrogen-bond donors (Lipinski definition) is 1. The Morgan fingerprint density at radius 2 is 2.14 bits per heavy atom. The third kappa shape index (κ3) is 5.87. The number of nitrogens with zero attached hydrogens (tertiary/aromatic N) is 1. The Labute approximate surface area is 130 Å². The molecule has 0 saturated heterocycles. The number of carbonyl (C=O) groups excluding carboxylic acids is 2. The fraction of sp³-hybridized carbons (Fsp3) is 0.688. The van der Waals surface area contributed by atoms with Crippen LogP contribution in [0.5, 0.6) is 0 Å². The molecule has 0 aromatic carbocycles. The summed E-state index contributed by atoms with van der Waals surface area (Å²) in [6.45, 7) is 2.04. The van der Waals surface area contributed by atoms with Gasteiger partial charge in [0.25, 0.3) is 0 Å². The summed E-state index contributed by atoms with van der Waals surface area (Å²) in [6.07, 6.45) is 7.31. The molecule has 6 nitrogen and oxygen atoms in total. The molecule has 1 saturated carbocycles. The molecule has 1 aliphatic carbocycles. The molecule has 122 valence electrons. The minimum absolute atomic E-state index is 0.153. The normalized spacial score (nSPS) is 15.0. The molecule has 6 heteroatoms. The monoisotopic (exact) mass is 308 g/mol. The molecular formula is C16H24N2O4. The zero-order chi connectivity index (χ0) is 15.8. The molecule has 1 fully saturated rings. The molecule has 1 aliphatic rings. The van der Waals surface area contributed by atoms with Gasteiger partial charge in [-0.1, -0.05) is 30.8 Å². The quantitative estimate of drug-likeness (QED) is 0.589. The van der Waals surface area contributed by atoms with Gasteiger partial charge in [-0.05, 0) is 25.7 Å². The average molecular weight is 308 g/mol. The second-order valence-electron chi connectivity index (χ2n) is 5.88. The number of ether oxygens (including phenoxy) is 1. The third-order valence-electron chi connectivity index (χ3n) is 3.94. The highest BCUT2D eigenvalue weighted by atomic mass is 16.5. The van der Waals surface area contributed by atoms with Crippen molar-refractivity contribution in [2.24, 2.45) is 5.92 Å². The lowest BCUT2D eigenvalue weighted by Crippen LogP contribution is -2.13. The van der Waals surface area contributed by atoms with E-state index in [4.69, 9.17) is 9.26 Å². The molecule has 0 atom stereocenters. The van der Waals surface area contributed by atoms with Crippen molar-refractivity contribution in [1.29, 1.82) is 0 Å². The summed E-state index contributed by atoms with van der Waals surface area (Å²) < 4.78 is 10.0. The number of amides is 1. The smallest absolute Gasteiger partial charge is 0.305 e. The van der Waals surface area contributed by atoms with Gasteiger partial charge in [-0.3, -0.25) is 9.59 Å². The standard InChI is InChI=1S/C16H24N2O4/c1-12-11-14(18-22-12)17-15(19)7-4-10-21-16(20)9-8-13-5-2-3-6-13/h11,13H,2-10H2,1H3,(H,17,18,19). The second-order valence-corrected chi connectivity index (χ2v) is 5.88. The molecular weight excluding hydrogens is 284 g/mol. The van der Waals surface area contributed by atoms with E-state index in [0.717, 1.165) is 6.42 Å². The molecule has 0 bridgehead atoms. The first-order valence-corrected chi connectivity index (χ1v) is 8.02. The van der Waals surface area contributed by atoms with Crippen LogP contribution in [0.4, 0.5) is 5.82 Å². The van der Waals surface area contributed by atoms with E-state index in [1.807, 2.05) is 0 Å². The van der Waals surface area contributed by atoms with Crippen molar-refractivity contribution >= 4 is 17.7 Å². The van der Waals surface area contributed by atoms with Crippen LogP contribution < -0.4 is 5.32 Å². The van der Waals surface area contributed by atoms with E-state index in [9.17, 15) is 9.59 Å². The Hall–Kier alpha value is -1.85. The molecule has 1 aromatic rings. The molecule has 1 amide bonds. The first kappa shape index (κ1) is 16.5. The van der Waals surface area contributed by atoms with Gasteiger partial charge in [0.05, 0.1) is 6.61 Å². The highest BCUT2D eigenvalue weighted by Gasteiger charge is 2.16. The van der Waals surface area contributed by atoms with E-state index in [2.05, 4.69) is 10.5 Å². The molecule has 1 N–H and O–H groups in total. The summed E-state index contributed by atoms with van der Waals surface area (Å²) in [5.74, 6) is 1.45. The average Bonchev–Trinajstić information content (AvgIpc) is 3.13. The molecule has 2 rings (SSSR count). The SMILES string of the molecule is Cc1cc(NC(=O)CCCOC(=O)CCC2CCCC2)no1. The van der Waals surface area contributed by atoms with Crippen LogP contribution in [-0.4, -0.2) is 23.6 Å². The van der Waals surface area contributed by atoms with Gasteiger partial charge in [-0.25, -0.2) is 0 Å². The number of aryl methyl sites for hydroxylation is 1. The zero-order valence-corrected chi connectivity index (χ0v) is 13.1. The Balaban J connectivity index is 1.50. The van der Waals surface area contributed by atoms with Crippen LogP contribution in [0.2, 0.25) is 0 Å². The predicted octanol–water partition coefficient (Wildman–Crippen LogP) is 3.22. The van der Waals surface area contributed by atoms with Gasteiger partial charge in [0, 0.05) is 18.9 Å². The lowest BCUT2D eigenvalue weighted by atomic mass is 10.0. The molecule has 0 spiro atoms. The topological polar surface area (TPSA) is 81.4 Å². The number of rotatable bonds is 8. The van der Waals surface area contributed by atoms with Crippen molar-refractivity contribution in [3.63, 3.8) is 0 Å². The van der Waals surface area contributed by atoms with Crippen molar-refractivity contribution < 1.29 is 18.8 Å². The Morgan fingerprint density at radius 3 is 2.82 bits per heavy atom. The van der Waals surface area contributed by atoms with Crippen molar-refractivity contribution in [3.05, 3.63) is 11.8 Å². The summed E-state index contributed by atoms with van der Waals surface area (Å²) in [5.41, 5.74) is 0. The van der Waals surface area contributed by atoms with Gasteiger partial charge in [-0.15, -0.1) is 0 Å². The first-order chi connectivity index (χ1) is 10.6. The lowest BCUT2D eigenvalue weighted by Gasteiger charge is -2.08. The fourth-order valence-electron chi connectivity index (χ4n) is 2.74. The van der Waals surface area contributed by atoms with E-state index in [1.165, 1.54) is 25.7 Å². The minimum atomic E-state index is -0.157. The van der Waals surface area contributed by atoms with Crippen LogP contribution in [0.15, 0.2) is 10.6 Å². The number of esters is 1. The molecule has 0 unspecified atom stereocenters. The number of carbonyl (C=O) groups is 2. The van der Waals surface area contributed by atoms with Crippen LogP contribution in [0.25, 0.3) is 0 Å². The largest absolute Gasteiger partial charge is 0.466 e. The summed E-state index contributed by atoms with van der Waals surface area (Å²) >= 11 is 0. The van der Waals surface area contributed by atoms with Gasteiger partial charge in [-0.2, -0.15) is 0 Å². The maximum Gasteiger partial charge on any atom is 0.305 e. The molecule has 0 aliphatic heterocycles. The zero-order valence-electron chi connectivity index (χ0n) is 13.1. The molecule has 22 heavy (non-hydrogen) atoms. The molecule has 0 radical (unpaired) electrons. The number of aromatic nitrogens is 1. The van der Waals surface area contributed by atoms with Crippen LogP contribution in [-0.2, 0) is 14.3 Å². The van der Waals surface area contributed by atoms with Crippen molar-refractivity contribution in [2.45, 2.75) is 58.3 Å². The van der Waals surface area contributed by atoms with Gasteiger partial charge in [0.1, 0.15) is 5.76 Å². The number of anilines is 1. The van der Waals surface area contributed by atoms with E-state index in [1.54, 1.807) is 13.0 Å². The fourth-order valence-corrected chi connectivity index (χ4v) is 2.74. The van der Waals surface area contributed by atoms with Crippen LogP contribution in [0.3, 0.4) is 0 Å². The molecule has 1 aromatic heterocycles. The number of nitrogens with one attached hydrogen (secondary N) is 1. The van der Waals surface area contributed by atoms with Crippen LogP contribution in [0.1, 0.15) is 57.1 Å². The van der Waals surface area contributed by atoms with Gasteiger partial charge < -0.3 is 14.6 Å². The van der Waals surface area contributed by atoms with Crippen molar-refractivity contribution in [2.75, 3.05) is 11.9 Å². The second kappa shape index (κ2) is 8.56. The van der Waals surface area contributed by atoms with Crippen LogP contribution in [0, 0.1) is 12.8 Å². The highest BCUT2D eigenvalue weighted by molar-refractivity contribution is 5.89. The summed E-state index contributed by atoms with van der Waals surface area (Å²) in [5, 5.41) is 6.31. The van der Waals surface area contributed by atoms with E-state index in [0.29, 0.717) is 36.8 Å². The summed E-state index contributed by atoms with van der Waals surface area (Å²) in [6, 6.07) is 1.65. The first-order valence-electron chi connectivity index (χ1n) is 8.02. The Kier molecular flexibility index (Phi) is 6.43. The third-order valence-corrected chi connectivity index (χ3v) is 3.94. The predicted molar refractivity (Wildman–Crippen MR) is 81.3 cm³/mol. The van der Waals surface area contributed by atoms with Crippen molar-refractivity contribution in [3.8, 4) is 0 Å². The van der Waals surface area contributed by atoms with E-state index < -0.39 is 0 Å².